The number of nitrogens with one attached hydrogen (secondary N) is 1. The van der Waals surface area contributed by atoms with Crippen LogP contribution in [0.2, 0.25) is 0 Å². The largest absolute Gasteiger partial charge is 0.311 e. The molecule has 1 N–H and O–H groups in total. The summed E-state index contributed by atoms with van der Waals surface area (Å²) in [4.78, 5) is 0. The Morgan fingerprint density at radius 2 is 1.89 bits per heavy atom. The van der Waals surface area contributed by atoms with Crippen molar-refractivity contribution in [1.29, 1.82) is 0 Å². The number of benzene rings is 1. The van der Waals surface area contributed by atoms with Gasteiger partial charge in [0.25, 0.3) is 0 Å². The van der Waals surface area contributed by atoms with Crippen LogP contribution in [-0.2, 0) is 6.42 Å². The van der Waals surface area contributed by atoms with Crippen LogP contribution in [0.1, 0.15) is 51.5 Å². The molecule has 0 spiro atoms. The molecule has 19 heavy (non-hydrogen) atoms. The average molecular weight is 263 g/mol. The van der Waals surface area contributed by atoms with Gasteiger partial charge in [0.15, 0.2) is 0 Å². The summed E-state index contributed by atoms with van der Waals surface area (Å²) >= 11 is 0. The minimum absolute atomic E-state index is 0.0779. The lowest BCUT2D eigenvalue weighted by molar-refractivity contribution is 0.271. The van der Waals surface area contributed by atoms with Crippen molar-refractivity contribution in [3.05, 3.63) is 35.6 Å². The smallest absolute Gasteiger partial charge is 0.126 e. The van der Waals surface area contributed by atoms with Crippen molar-refractivity contribution in [2.24, 2.45) is 5.92 Å². The quantitative estimate of drug-likeness (QED) is 0.834. The number of rotatable bonds is 5. The summed E-state index contributed by atoms with van der Waals surface area (Å²) in [7, 11) is 0. The maximum atomic E-state index is 13.6. The molecule has 2 heteroatoms. The highest BCUT2D eigenvalue weighted by molar-refractivity contribution is 5.18. The van der Waals surface area contributed by atoms with Gasteiger partial charge in [-0.25, -0.2) is 4.39 Å². The molecule has 1 nitrogen and oxygen atoms in total. The van der Waals surface area contributed by atoms with Gasteiger partial charge in [-0.15, -0.1) is 0 Å². The first-order valence-corrected chi connectivity index (χ1v) is 7.68. The molecule has 0 amide bonds. The molecule has 1 saturated carbocycles. The number of halogens is 1. The second kappa shape index (κ2) is 7.04. The third-order valence-corrected chi connectivity index (χ3v) is 4.43. The third-order valence-electron chi connectivity index (χ3n) is 4.43. The Morgan fingerprint density at radius 1 is 1.21 bits per heavy atom. The third kappa shape index (κ3) is 4.31. The number of hydrogen-bond acceptors (Lipinski definition) is 1. The minimum Gasteiger partial charge on any atom is -0.311 e. The summed E-state index contributed by atoms with van der Waals surface area (Å²) in [5.74, 6) is 0.853. The summed E-state index contributed by atoms with van der Waals surface area (Å²) in [5, 5.41) is 3.67. The topological polar surface area (TPSA) is 12.0 Å². The van der Waals surface area contributed by atoms with Crippen molar-refractivity contribution in [3.63, 3.8) is 0 Å². The molecule has 0 heterocycles. The van der Waals surface area contributed by atoms with Crippen LogP contribution in [0, 0.1) is 11.7 Å². The Kier molecular flexibility index (Phi) is 5.38. The standard InChI is InChI=1S/C17H26FN/c1-3-14-8-10-16(11-9-14)19-13(2)12-15-6-4-5-7-17(15)18/h4-7,13-14,16,19H,3,8-12H2,1-2H3. The molecule has 1 aliphatic rings. The van der Waals surface area contributed by atoms with Crippen LogP contribution in [-0.4, -0.2) is 12.1 Å². The van der Waals surface area contributed by atoms with E-state index < -0.39 is 0 Å². The Balaban J connectivity index is 1.79. The van der Waals surface area contributed by atoms with Gasteiger partial charge in [0.2, 0.25) is 0 Å². The van der Waals surface area contributed by atoms with Gasteiger partial charge in [-0.1, -0.05) is 31.5 Å². The fourth-order valence-corrected chi connectivity index (χ4v) is 3.19. The summed E-state index contributed by atoms with van der Waals surface area (Å²) in [5.41, 5.74) is 0.824. The summed E-state index contributed by atoms with van der Waals surface area (Å²) in [6, 6.07) is 8.08. The van der Waals surface area contributed by atoms with Gasteiger partial charge >= 0.3 is 0 Å². The molecule has 106 valence electrons. The van der Waals surface area contributed by atoms with Crippen LogP contribution >= 0.6 is 0 Å². The average Bonchev–Trinajstić information content (AvgIpc) is 2.42. The van der Waals surface area contributed by atoms with Crippen molar-refractivity contribution in [2.75, 3.05) is 0 Å². The molecular formula is C17H26FN. The van der Waals surface area contributed by atoms with Gasteiger partial charge in [0.1, 0.15) is 5.82 Å². The number of hydrogen-bond donors (Lipinski definition) is 1. The summed E-state index contributed by atoms with van der Waals surface area (Å²) in [6.07, 6.45) is 7.35. The predicted octanol–water partition coefficient (Wildman–Crippen LogP) is 4.32. The minimum atomic E-state index is -0.0779. The fourth-order valence-electron chi connectivity index (χ4n) is 3.19. The highest BCUT2D eigenvalue weighted by Gasteiger charge is 2.21. The lowest BCUT2D eigenvalue weighted by Crippen LogP contribution is -2.40. The summed E-state index contributed by atoms with van der Waals surface area (Å²) in [6.45, 7) is 4.46. The second-order valence-corrected chi connectivity index (χ2v) is 5.99. The van der Waals surface area contributed by atoms with E-state index in [0.29, 0.717) is 12.1 Å². The Hall–Kier alpha value is -0.890. The molecule has 0 saturated heterocycles. The predicted molar refractivity (Wildman–Crippen MR) is 78.7 cm³/mol. The van der Waals surface area contributed by atoms with Crippen molar-refractivity contribution >= 4 is 0 Å². The lowest BCUT2D eigenvalue weighted by atomic mass is 9.84. The van der Waals surface area contributed by atoms with E-state index in [1.54, 1.807) is 12.1 Å². The van der Waals surface area contributed by atoms with Crippen LogP contribution in [0.25, 0.3) is 0 Å². The van der Waals surface area contributed by atoms with Crippen molar-refractivity contribution in [1.82, 2.24) is 5.32 Å². The molecule has 1 atom stereocenters. The van der Waals surface area contributed by atoms with Crippen molar-refractivity contribution in [2.45, 2.75) is 64.5 Å². The maximum absolute atomic E-state index is 13.6. The summed E-state index contributed by atoms with van der Waals surface area (Å²) < 4.78 is 13.6. The molecule has 1 fully saturated rings. The molecule has 0 bridgehead atoms. The van der Waals surface area contributed by atoms with Crippen LogP contribution in [0.5, 0.6) is 0 Å². The van der Waals surface area contributed by atoms with Crippen molar-refractivity contribution < 1.29 is 4.39 Å². The maximum Gasteiger partial charge on any atom is 0.126 e. The molecule has 0 aromatic heterocycles. The highest BCUT2D eigenvalue weighted by Crippen LogP contribution is 2.26. The van der Waals surface area contributed by atoms with Gasteiger partial charge in [-0.05, 0) is 56.6 Å². The van der Waals surface area contributed by atoms with E-state index >= 15 is 0 Å². The zero-order chi connectivity index (χ0) is 13.7. The van der Waals surface area contributed by atoms with Crippen LogP contribution in [0.4, 0.5) is 4.39 Å². The second-order valence-electron chi connectivity index (χ2n) is 5.99. The van der Waals surface area contributed by atoms with Crippen LogP contribution in [0.3, 0.4) is 0 Å². The van der Waals surface area contributed by atoms with Gasteiger partial charge in [-0.2, -0.15) is 0 Å². The first kappa shape index (κ1) is 14.5. The molecule has 1 aromatic carbocycles. The van der Waals surface area contributed by atoms with Gasteiger partial charge < -0.3 is 5.32 Å². The first-order valence-electron chi connectivity index (χ1n) is 7.68. The van der Waals surface area contributed by atoms with E-state index in [1.807, 2.05) is 12.1 Å². The zero-order valence-electron chi connectivity index (χ0n) is 12.2. The van der Waals surface area contributed by atoms with Crippen molar-refractivity contribution in [3.8, 4) is 0 Å². The highest BCUT2D eigenvalue weighted by atomic mass is 19.1. The van der Waals surface area contributed by atoms with Crippen LogP contribution in [0.15, 0.2) is 24.3 Å². The van der Waals surface area contributed by atoms with E-state index in [1.165, 1.54) is 32.1 Å². The molecular weight excluding hydrogens is 237 g/mol. The monoisotopic (exact) mass is 263 g/mol. The van der Waals surface area contributed by atoms with E-state index in [0.717, 1.165) is 17.9 Å². The Labute approximate surface area is 116 Å². The lowest BCUT2D eigenvalue weighted by Gasteiger charge is -2.31. The first-order chi connectivity index (χ1) is 9.19. The Morgan fingerprint density at radius 3 is 2.53 bits per heavy atom. The van der Waals surface area contributed by atoms with E-state index in [9.17, 15) is 4.39 Å². The SMILES string of the molecule is CCC1CCC(NC(C)Cc2ccccc2F)CC1. The molecule has 0 radical (unpaired) electrons. The molecule has 2 rings (SSSR count). The normalized spacial score (nSPS) is 25.2. The molecule has 0 aliphatic heterocycles. The van der Waals surface area contributed by atoms with Gasteiger partial charge in [0.05, 0.1) is 0 Å². The fraction of sp³-hybridized carbons (Fsp3) is 0.647. The molecule has 1 unspecified atom stereocenters. The van der Waals surface area contributed by atoms with E-state index in [4.69, 9.17) is 0 Å². The van der Waals surface area contributed by atoms with Gasteiger partial charge in [0, 0.05) is 12.1 Å². The molecule has 1 aromatic rings. The Bertz CT molecular complexity index is 383. The molecule has 1 aliphatic carbocycles. The van der Waals surface area contributed by atoms with Crippen LogP contribution < -0.4 is 5.32 Å². The van der Waals surface area contributed by atoms with Gasteiger partial charge in [-0.3, -0.25) is 0 Å². The van der Waals surface area contributed by atoms with E-state index in [-0.39, 0.29) is 5.82 Å². The van der Waals surface area contributed by atoms with E-state index in [2.05, 4.69) is 19.2 Å². The zero-order valence-corrected chi connectivity index (χ0v) is 12.2.